The van der Waals surface area contributed by atoms with Crippen LogP contribution in [0.1, 0.15) is 34.0 Å². The number of rotatable bonds is 1. The van der Waals surface area contributed by atoms with Crippen molar-refractivity contribution in [2.45, 2.75) is 19.4 Å². The number of aryl methyl sites for hydroxylation is 1. The van der Waals surface area contributed by atoms with E-state index in [-0.39, 0.29) is 5.97 Å². The van der Waals surface area contributed by atoms with Gasteiger partial charge in [-0.15, -0.1) is 0 Å². The van der Waals surface area contributed by atoms with Gasteiger partial charge >= 0.3 is 5.97 Å². The molecule has 2 aromatic carbocycles. The SMILES string of the molecule is Cc1ccc(C2(C)OC(=O)c3ccccc32)c(N)c1. The molecule has 3 heteroatoms. The van der Waals surface area contributed by atoms with Gasteiger partial charge in [-0.2, -0.15) is 0 Å². The fraction of sp³-hybridized carbons (Fsp3) is 0.188. The van der Waals surface area contributed by atoms with E-state index in [1.54, 1.807) is 6.07 Å². The average molecular weight is 253 g/mol. The quantitative estimate of drug-likeness (QED) is 0.628. The minimum absolute atomic E-state index is 0.293. The Balaban J connectivity index is 2.23. The van der Waals surface area contributed by atoms with Gasteiger partial charge in [0.25, 0.3) is 0 Å². The van der Waals surface area contributed by atoms with Gasteiger partial charge in [-0.1, -0.05) is 30.3 Å². The summed E-state index contributed by atoms with van der Waals surface area (Å²) in [4.78, 5) is 12.0. The minimum atomic E-state index is -0.800. The van der Waals surface area contributed by atoms with Crippen molar-refractivity contribution in [2.75, 3.05) is 5.73 Å². The van der Waals surface area contributed by atoms with Gasteiger partial charge in [0.05, 0.1) is 5.56 Å². The van der Waals surface area contributed by atoms with Crippen LogP contribution in [0.3, 0.4) is 0 Å². The molecule has 0 radical (unpaired) electrons. The summed E-state index contributed by atoms with van der Waals surface area (Å²) in [6, 6.07) is 13.3. The molecule has 0 amide bonds. The number of carbonyl (C=O) groups is 1. The maximum absolute atomic E-state index is 12.0. The highest BCUT2D eigenvalue weighted by Gasteiger charge is 2.43. The third kappa shape index (κ3) is 1.62. The largest absolute Gasteiger partial charge is 0.446 e. The number of hydrogen-bond donors (Lipinski definition) is 1. The van der Waals surface area contributed by atoms with Crippen molar-refractivity contribution in [2.24, 2.45) is 0 Å². The monoisotopic (exact) mass is 253 g/mol. The summed E-state index contributed by atoms with van der Waals surface area (Å²) in [5.74, 6) is -0.293. The Morgan fingerprint density at radius 3 is 2.58 bits per heavy atom. The van der Waals surface area contributed by atoms with Crippen LogP contribution in [0.25, 0.3) is 0 Å². The zero-order valence-electron chi connectivity index (χ0n) is 10.9. The fourth-order valence-corrected chi connectivity index (χ4v) is 2.69. The maximum atomic E-state index is 12.0. The third-order valence-corrected chi connectivity index (χ3v) is 3.68. The van der Waals surface area contributed by atoms with Gasteiger partial charge in [0.2, 0.25) is 0 Å². The average Bonchev–Trinajstić information content (AvgIpc) is 2.63. The van der Waals surface area contributed by atoms with Crippen LogP contribution in [0, 0.1) is 6.92 Å². The molecule has 1 unspecified atom stereocenters. The zero-order valence-corrected chi connectivity index (χ0v) is 10.9. The molecule has 0 aliphatic carbocycles. The number of carbonyl (C=O) groups excluding carboxylic acids is 1. The maximum Gasteiger partial charge on any atom is 0.339 e. The second-order valence-electron chi connectivity index (χ2n) is 5.06. The lowest BCUT2D eigenvalue weighted by molar-refractivity contribution is 0.0183. The molecule has 96 valence electrons. The van der Waals surface area contributed by atoms with Crippen molar-refractivity contribution in [1.82, 2.24) is 0 Å². The summed E-state index contributed by atoms with van der Waals surface area (Å²) >= 11 is 0. The normalized spacial score (nSPS) is 21.1. The predicted octanol–water partition coefficient (Wildman–Crippen LogP) is 3.01. The first kappa shape index (κ1) is 11.8. The first-order valence-corrected chi connectivity index (χ1v) is 6.22. The van der Waals surface area contributed by atoms with E-state index in [0.717, 1.165) is 16.7 Å². The van der Waals surface area contributed by atoms with Gasteiger partial charge in [0.1, 0.15) is 0 Å². The number of ether oxygens (including phenoxy) is 1. The first-order chi connectivity index (χ1) is 9.02. The van der Waals surface area contributed by atoms with E-state index in [9.17, 15) is 4.79 Å². The summed E-state index contributed by atoms with van der Waals surface area (Å²) in [6.45, 7) is 3.87. The zero-order chi connectivity index (χ0) is 13.6. The Morgan fingerprint density at radius 1 is 1.11 bits per heavy atom. The van der Waals surface area contributed by atoms with Crippen molar-refractivity contribution < 1.29 is 9.53 Å². The molecular formula is C16H15NO2. The number of nitrogens with two attached hydrogens (primary N) is 1. The minimum Gasteiger partial charge on any atom is -0.446 e. The molecule has 1 atom stereocenters. The summed E-state index contributed by atoms with van der Waals surface area (Å²) in [5, 5.41) is 0. The van der Waals surface area contributed by atoms with Gasteiger partial charge in [0.15, 0.2) is 5.60 Å². The molecule has 1 aliphatic heterocycles. The predicted molar refractivity (Wildman–Crippen MR) is 73.9 cm³/mol. The Kier molecular flexibility index (Phi) is 2.39. The number of esters is 1. The number of fused-ring (bicyclic) bond motifs is 1. The van der Waals surface area contributed by atoms with Crippen LogP contribution in [-0.2, 0) is 10.3 Å². The molecule has 0 bridgehead atoms. The molecule has 1 aliphatic rings. The van der Waals surface area contributed by atoms with Crippen LogP contribution >= 0.6 is 0 Å². The van der Waals surface area contributed by atoms with Crippen molar-refractivity contribution in [3.05, 3.63) is 64.7 Å². The van der Waals surface area contributed by atoms with E-state index in [1.807, 2.05) is 50.2 Å². The molecule has 1 heterocycles. The standard InChI is InChI=1S/C16H15NO2/c1-10-7-8-13(14(17)9-10)16(2)12-6-4-3-5-11(12)15(18)19-16/h3-9H,17H2,1-2H3. The third-order valence-electron chi connectivity index (χ3n) is 3.68. The van der Waals surface area contributed by atoms with Gasteiger partial charge < -0.3 is 10.5 Å². The van der Waals surface area contributed by atoms with Crippen molar-refractivity contribution in [1.29, 1.82) is 0 Å². The molecular weight excluding hydrogens is 238 g/mol. The smallest absolute Gasteiger partial charge is 0.339 e. The fourth-order valence-electron chi connectivity index (χ4n) is 2.69. The second-order valence-corrected chi connectivity index (χ2v) is 5.06. The van der Waals surface area contributed by atoms with Crippen LogP contribution in [0.15, 0.2) is 42.5 Å². The van der Waals surface area contributed by atoms with Crippen LogP contribution in [0.4, 0.5) is 5.69 Å². The highest BCUT2D eigenvalue weighted by Crippen LogP contribution is 2.43. The summed E-state index contributed by atoms with van der Waals surface area (Å²) in [5.41, 5.74) is 9.35. The Morgan fingerprint density at radius 2 is 1.84 bits per heavy atom. The number of hydrogen-bond acceptors (Lipinski definition) is 3. The van der Waals surface area contributed by atoms with E-state index in [1.165, 1.54) is 0 Å². The summed E-state index contributed by atoms with van der Waals surface area (Å²) in [7, 11) is 0. The molecule has 2 aromatic rings. The van der Waals surface area contributed by atoms with Gasteiger partial charge in [-0.25, -0.2) is 4.79 Å². The van der Waals surface area contributed by atoms with E-state index >= 15 is 0 Å². The second kappa shape index (κ2) is 3.85. The summed E-state index contributed by atoms with van der Waals surface area (Å²) < 4.78 is 5.61. The molecule has 0 saturated carbocycles. The topological polar surface area (TPSA) is 52.3 Å². The van der Waals surface area contributed by atoms with Crippen molar-refractivity contribution in [3.8, 4) is 0 Å². The molecule has 0 fully saturated rings. The number of cyclic esters (lactones) is 1. The van der Waals surface area contributed by atoms with Crippen molar-refractivity contribution >= 4 is 11.7 Å². The number of benzene rings is 2. The molecule has 3 nitrogen and oxygen atoms in total. The van der Waals surface area contributed by atoms with Gasteiger partial charge in [-0.3, -0.25) is 0 Å². The first-order valence-electron chi connectivity index (χ1n) is 6.22. The lowest BCUT2D eigenvalue weighted by atomic mass is 9.86. The molecule has 0 saturated heterocycles. The Labute approximate surface area is 112 Å². The van der Waals surface area contributed by atoms with Crippen LogP contribution in [0.5, 0.6) is 0 Å². The molecule has 3 rings (SSSR count). The number of anilines is 1. The van der Waals surface area contributed by atoms with Crippen LogP contribution in [-0.4, -0.2) is 5.97 Å². The van der Waals surface area contributed by atoms with Crippen molar-refractivity contribution in [3.63, 3.8) is 0 Å². The van der Waals surface area contributed by atoms with E-state index < -0.39 is 5.60 Å². The summed E-state index contributed by atoms with van der Waals surface area (Å²) in [6.07, 6.45) is 0. The van der Waals surface area contributed by atoms with Crippen LogP contribution in [0.2, 0.25) is 0 Å². The highest BCUT2D eigenvalue weighted by molar-refractivity contribution is 5.95. The number of nitrogen functional groups attached to an aromatic ring is 1. The molecule has 19 heavy (non-hydrogen) atoms. The molecule has 2 N–H and O–H groups in total. The van der Waals surface area contributed by atoms with E-state index in [2.05, 4.69) is 0 Å². The Hall–Kier alpha value is -2.29. The molecule has 0 aromatic heterocycles. The van der Waals surface area contributed by atoms with Gasteiger partial charge in [-0.05, 0) is 31.5 Å². The lowest BCUT2D eigenvalue weighted by Gasteiger charge is -2.26. The molecule has 0 spiro atoms. The Bertz CT molecular complexity index is 678. The lowest BCUT2D eigenvalue weighted by Crippen LogP contribution is -2.24. The van der Waals surface area contributed by atoms with E-state index in [0.29, 0.717) is 11.3 Å². The van der Waals surface area contributed by atoms with E-state index in [4.69, 9.17) is 10.5 Å². The van der Waals surface area contributed by atoms with Crippen LogP contribution < -0.4 is 5.73 Å². The van der Waals surface area contributed by atoms with Gasteiger partial charge in [0, 0.05) is 16.8 Å². The highest BCUT2D eigenvalue weighted by atomic mass is 16.6.